The number of rotatable bonds is 4. The lowest BCUT2D eigenvalue weighted by molar-refractivity contribution is -0.122. The van der Waals surface area contributed by atoms with Gasteiger partial charge in [-0.2, -0.15) is 0 Å². The minimum absolute atomic E-state index is 0.0836. The molecule has 18 heavy (non-hydrogen) atoms. The third-order valence-corrected chi connectivity index (χ3v) is 1.96. The fourth-order valence-corrected chi connectivity index (χ4v) is 1.29. The molecule has 1 aromatic rings. The molecule has 1 aromatic carbocycles. The highest BCUT2D eigenvalue weighted by molar-refractivity contribution is 5.95. The van der Waals surface area contributed by atoms with Crippen molar-refractivity contribution in [3.05, 3.63) is 24.3 Å². The van der Waals surface area contributed by atoms with E-state index in [9.17, 15) is 14.4 Å². The summed E-state index contributed by atoms with van der Waals surface area (Å²) >= 11 is 0. The molecule has 0 saturated carbocycles. The predicted molar refractivity (Wildman–Crippen MR) is 68.1 cm³/mol. The van der Waals surface area contributed by atoms with Gasteiger partial charge < -0.3 is 16.0 Å². The first-order valence-electron chi connectivity index (χ1n) is 5.39. The summed E-state index contributed by atoms with van der Waals surface area (Å²) in [6.45, 7) is 2.66. The molecule has 0 aromatic heterocycles. The maximum Gasteiger partial charge on any atom is 0.243 e. The van der Waals surface area contributed by atoms with Crippen molar-refractivity contribution in [3.8, 4) is 0 Å². The van der Waals surface area contributed by atoms with Gasteiger partial charge >= 0.3 is 0 Å². The van der Waals surface area contributed by atoms with Crippen LogP contribution in [-0.4, -0.2) is 24.3 Å². The molecule has 3 amide bonds. The Bertz CT molecular complexity index is 471. The van der Waals surface area contributed by atoms with Crippen molar-refractivity contribution in [2.75, 3.05) is 17.2 Å². The molecule has 0 aliphatic carbocycles. The van der Waals surface area contributed by atoms with Crippen LogP contribution >= 0.6 is 0 Å². The van der Waals surface area contributed by atoms with Crippen LogP contribution in [0.3, 0.4) is 0 Å². The molecule has 96 valence electrons. The first-order chi connectivity index (χ1) is 8.47. The topological polar surface area (TPSA) is 87.3 Å². The van der Waals surface area contributed by atoms with E-state index < -0.39 is 0 Å². The molecule has 0 aliphatic rings. The van der Waals surface area contributed by atoms with Gasteiger partial charge in [0.25, 0.3) is 0 Å². The number of amides is 3. The minimum atomic E-state index is -0.329. The average molecular weight is 249 g/mol. The second kappa shape index (κ2) is 6.39. The van der Waals surface area contributed by atoms with Gasteiger partial charge in [-0.25, -0.2) is 0 Å². The number of hydrogen-bond acceptors (Lipinski definition) is 3. The fraction of sp³-hybridized carbons (Fsp3) is 0.250. The largest absolute Gasteiger partial charge is 0.347 e. The summed E-state index contributed by atoms with van der Waals surface area (Å²) in [5.74, 6) is -0.779. The zero-order chi connectivity index (χ0) is 13.5. The van der Waals surface area contributed by atoms with E-state index in [1.807, 2.05) is 0 Å². The molecule has 0 spiro atoms. The highest BCUT2D eigenvalue weighted by Crippen LogP contribution is 2.14. The fourth-order valence-electron chi connectivity index (χ4n) is 1.29. The Labute approximate surface area is 105 Å². The van der Waals surface area contributed by atoms with Crippen molar-refractivity contribution in [2.24, 2.45) is 0 Å². The highest BCUT2D eigenvalue weighted by atomic mass is 16.2. The number of anilines is 2. The SMILES string of the molecule is CC(=O)NCC(=O)Nc1cccc(NC(C)=O)c1. The molecule has 0 bridgehead atoms. The third kappa shape index (κ3) is 5.11. The van der Waals surface area contributed by atoms with Crippen LogP contribution in [0.25, 0.3) is 0 Å². The van der Waals surface area contributed by atoms with E-state index in [2.05, 4.69) is 16.0 Å². The molecule has 6 heteroatoms. The smallest absolute Gasteiger partial charge is 0.243 e. The van der Waals surface area contributed by atoms with E-state index in [1.54, 1.807) is 24.3 Å². The summed E-state index contributed by atoms with van der Waals surface area (Å²) in [6.07, 6.45) is 0. The zero-order valence-corrected chi connectivity index (χ0v) is 10.2. The highest BCUT2D eigenvalue weighted by Gasteiger charge is 2.04. The summed E-state index contributed by atoms with van der Waals surface area (Å²) in [5.41, 5.74) is 1.15. The summed E-state index contributed by atoms with van der Waals surface area (Å²) in [5, 5.41) is 7.61. The molecule has 3 N–H and O–H groups in total. The van der Waals surface area contributed by atoms with E-state index in [0.717, 1.165) is 0 Å². The van der Waals surface area contributed by atoms with Gasteiger partial charge in [-0.15, -0.1) is 0 Å². The van der Waals surface area contributed by atoms with Gasteiger partial charge in [-0.1, -0.05) is 6.07 Å². The van der Waals surface area contributed by atoms with Gasteiger partial charge in [0.2, 0.25) is 17.7 Å². The number of nitrogens with one attached hydrogen (secondary N) is 3. The Kier molecular flexibility index (Phi) is 4.86. The lowest BCUT2D eigenvalue weighted by Gasteiger charge is -2.08. The van der Waals surface area contributed by atoms with E-state index >= 15 is 0 Å². The monoisotopic (exact) mass is 249 g/mol. The van der Waals surface area contributed by atoms with Crippen molar-refractivity contribution >= 4 is 29.1 Å². The molecule has 6 nitrogen and oxygen atoms in total. The van der Waals surface area contributed by atoms with Gasteiger partial charge in [0, 0.05) is 25.2 Å². The van der Waals surface area contributed by atoms with Crippen molar-refractivity contribution < 1.29 is 14.4 Å². The minimum Gasteiger partial charge on any atom is -0.347 e. The second-order valence-electron chi connectivity index (χ2n) is 3.72. The molecule has 0 unspecified atom stereocenters. The summed E-state index contributed by atoms with van der Waals surface area (Å²) in [4.78, 5) is 33.0. The van der Waals surface area contributed by atoms with Crippen LogP contribution in [0.2, 0.25) is 0 Å². The molecule has 0 radical (unpaired) electrons. The van der Waals surface area contributed by atoms with Crippen LogP contribution in [0.5, 0.6) is 0 Å². The Morgan fingerprint density at radius 1 is 1.00 bits per heavy atom. The molecule has 0 fully saturated rings. The lowest BCUT2D eigenvalue weighted by atomic mass is 10.2. The van der Waals surface area contributed by atoms with Crippen LogP contribution in [-0.2, 0) is 14.4 Å². The van der Waals surface area contributed by atoms with Crippen molar-refractivity contribution in [3.63, 3.8) is 0 Å². The number of carbonyl (C=O) groups excluding carboxylic acids is 3. The maximum atomic E-state index is 11.4. The van der Waals surface area contributed by atoms with Crippen molar-refractivity contribution in [1.82, 2.24) is 5.32 Å². The van der Waals surface area contributed by atoms with Gasteiger partial charge in [0.15, 0.2) is 0 Å². The predicted octanol–water partition coefficient (Wildman–Crippen LogP) is 0.720. The standard InChI is InChI=1S/C12H15N3O3/c1-8(16)13-7-12(18)15-11-5-3-4-10(6-11)14-9(2)17/h3-6H,7H2,1-2H3,(H,13,16)(H,14,17)(H,15,18). The van der Waals surface area contributed by atoms with Crippen molar-refractivity contribution in [2.45, 2.75) is 13.8 Å². The summed E-state index contributed by atoms with van der Waals surface area (Å²) in [7, 11) is 0. The molecule has 0 aliphatic heterocycles. The Morgan fingerprint density at radius 3 is 2.17 bits per heavy atom. The van der Waals surface area contributed by atoms with Gasteiger partial charge in [-0.05, 0) is 18.2 Å². The Balaban J connectivity index is 2.58. The van der Waals surface area contributed by atoms with Crippen LogP contribution in [0.1, 0.15) is 13.8 Å². The molecule has 0 heterocycles. The lowest BCUT2D eigenvalue weighted by Crippen LogP contribution is -2.31. The normalized spacial score (nSPS) is 9.44. The van der Waals surface area contributed by atoms with E-state index in [-0.39, 0.29) is 24.3 Å². The molecule has 0 atom stereocenters. The zero-order valence-electron chi connectivity index (χ0n) is 10.2. The van der Waals surface area contributed by atoms with E-state index in [4.69, 9.17) is 0 Å². The molecular weight excluding hydrogens is 234 g/mol. The first kappa shape index (κ1) is 13.7. The average Bonchev–Trinajstić information content (AvgIpc) is 2.26. The molecule has 1 rings (SSSR count). The van der Waals surface area contributed by atoms with Crippen LogP contribution in [0.4, 0.5) is 11.4 Å². The quantitative estimate of drug-likeness (QED) is 0.734. The Morgan fingerprint density at radius 2 is 1.61 bits per heavy atom. The number of hydrogen-bond donors (Lipinski definition) is 3. The van der Waals surface area contributed by atoms with Crippen LogP contribution in [0, 0.1) is 0 Å². The molecule has 0 saturated heterocycles. The summed E-state index contributed by atoms with van der Waals surface area (Å²) < 4.78 is 0. The van der Waals surface area contributed by atoms with Crippen molar-refractivity contribution in [1.29, 1.82) is 0 Å². The first-order valence-corrected chi connectivity index (χ1v) is 5.39. The molecular formula is C12H15N3O3. The van der Waals surface area contributed by atoms with Gasteiger partial charge in [0.05, 0.1) is 6.54 Å². The maximum absolute atomic E-state index is 11.4. The third-order valence-electron chi connectivity index (χ3n) is 1.96. The second-order valence-corrected chi connectivity index (χ2v) is 3.72. The van der Waals surface area contributed by atoms with Gasteiger partial charge in [0.1, 0.15) is 0 Å². The summed E-state index contributed by atoms with van der Waals surface area (Å²) in [6, 6.07) is 6.74. The van der Waals surface area contributed by atoms with Crippen LogP contribution in [0.15, 0.2) is 24.3 Å². The van der Waals surface area contributed by atoms with Crippen LogP contribution < -0.4 is 16.0 Å². The van der Waals surface area contributed by atoms with E-state index in [1.165, 1.54) is 13.8 Å². The number of carbonyl (C=O) groups is 3. The van der Waals surface area contributed by atoms with E-state index in [0.29, 0.717) is 11.4 Å². The Hall–Kier alpha value is -2.37. The number of benzene rings is 1. The van der Waals surface area contributed by atoms with Gasteiger partial charge in [-0.3, -0.25) is 14.4 Å².